The Hall–Kier alpha value is -2.67. The number of para-hydroxylation sites is 1. The molecule has 2 aromatic heterocycles. The summed E-state index contributed by atoms with van der Waals surface area (Å²) in [5, 5.41) is 3.66. The first kappa shape index (κ1) is 13.3. The molecule has 1 aromatic carbocycles. The maximum absolute atomic E-state index is 6.18. The van der Waals surface area contributed by atoms with Crippen LogP contribution in [0.25, 0.3) is 5.95 Å². The topological polar surface area (TPSA) is 94.5 Å². The van der Waals surface area contributed by atoms with E-state index in [1.54, 1.807) is 29.4 Å². The minimum Gasteiger partial charge on any atom is -0.368 e. The third-order valence-corrected chi connectivity index (χ3v) is 3.15. The molecule has 0 saturated heterocycles. The van der Waals surface area contributed by atoms with E-state index in [1.807, 2.05) is 19.1 Å². The molecule has 3 aromatic rings. The van der Waals surface area contributed by atoms with Crippen LogP contribution in [-0.2, 0) is 0 Å². The van der Waals surface area contributed by atoms with Gasteiger partial charge in [-0.3, -0.25) is 4.57 Å². The largest absolute Gasteiger partial charge is 0.368 e. The number of imidazole rings is 1. The van der Waals surface area contributed by atoms with E-state index in [1.165, 1.54) is 0 Å². The molecule has 7 nitrogen and oxygen atoms in total. The minimum atomic E-state index is 0.112. The van der Waals surface area contributed by atoms with E-state index in [-0.39, 0.29) is 5.95 Å². The lowest BCUT2D eigenvalue weighted by molar-refractivity contribution is 0.906. The second kappa shape index (κ2) is 5.37. The third-order valence-electron chi connectivity index (χ3n) is 2.83. The van der Waals surface area contributed by atoms with Crippen molar-refractivity contribution in [1.82, 2.24) is 24.5 Å². The Bertz CT molecular complexity index is 750. The molecule has 0 aliphatic heterocycles. The highest BCUT2D eigenvalue weighted by molar-refractivity contribution is 6.33. The van der Waals surface area contributed by atoms with Gasteiger partial charge in [0.1, 0.15) is 6.33 Å². The van der Waals surface area contributed by atoms with Crippen LogP contribution in [0.1, 0.15) is 5.56 Å². The average molecular weight is 302 g/mol. The molecule has 3 N–H and O–H groups in total. The van der Waals surface area contributed by atoms with Gasteiger partial charge in [0.05, 0.1) is 10.7 Å². The SMILES string of the molecule is Cc1cccc(Cl)c1Nc1nc(N)nc(-n2ccnc2)n1. The average Bonchev–Trinajstić information content (AvgIpc) is 2.97. The fourth-order valence-corrected chi connectivity index (χ4v) is 2.10. The van der Waals surface area contributed by atoms with Gasteiger partial charge in [-0.25, -0.2) is 4.98 Å². The zero-order valence-corrected chi connectivity index (χ0v) is 11.9. The van der Waals surface area contributed by atoms with Crippen LogP contribution in [0.3, 0.4) is 0 Å². The molecule has 106 valence electrons. The van der Waals surface area contributed by atoms with E-state index in [0.717, 1.165) is 11.3 Å². The first-order valence-electron chi connectivity index (χ1n) is 6.15. The number of halogens is 1. The van der Waals surface area contributed by atoms with Crippen molar-refractivity contribution in [2.24, 2.45) is 0 Å². The van der Waals surface area contributed by atoms with E-state index in [2.05, 4.69) is 25.3 Å². The van der Waals surface area contributed by atoms with Crippen LogP contribution in [0, 0.1) is 6.92 Å². The van der Waals surface area contributed by atoms with Gasteiger partial charge in [-0.15, -0.1) is 0 Å². The number of nitrogen functional groups attached to an aromatic ring is 1. The van der Waals surface area contributed by atoms with Gasteiger partial charge in [0, 0.05) is 12.4 Å². The lowest BCUT2D eigenvalue weighted by atomic mass is 10.2. The van der Waals surface area contributed by atoms with E-state index in [9.17, 15) is 0 Å². The number of benzene rings is 1. The van der Waals surface area contributed by atoms with Crippen LogP contribution < -0.4 is 11.1 Å². The van der Waals surface area contributed by atoms with Gasteiger partial charge in [-0.2, -0.15) is 15.0 Å². The Morgan fingerprint density at radius 1 is 1.24 bits per heavy atom. The fourth-order valence-electron chi connectivity index (χ4n) is 1.83. The Morgan fingerprint density at radius 2 is 2.10 bits per heavy atom. The van der Waals surface area contributed by atoms with Gasteiger partial charge in [0.2, 0.25) is 17.8 Å². The molecular formula is C13H12ClN7. The van der Waals surface area contributed by atoms with E-state index in [4.69, 9.17) is 17.3 Å². The summed E-state index contributed by atoms with van der Waals surface area (Å²) in [6.45, 7) is 1.94. The molecule has 8 heteroatoms. The summed E-state index contributed by atoms with van der Waals surface area (Å²) >= 11 is 6.18. The van der Waals surface area contributed by atoms with Crippen LogP contribution in [0.2, 0.25) is 5.02 Å². The van der Waals surface area contributed by atoms with E-state index in [0.29, 0.717) is 16.9 Å². The number of anilines is 3. The molecule has 0 saturated carbocycles. The van der Waals surface area contributed by atoms with Crippen molar-refractivity contribution in [2.45, 2.75) is 6.92 Å². The molecule has 0 amide bonds. The molecule has 0 spiro atoms. The number of nitrogens with one attached hydrogen (secondary N) is 1. The first-order valence-corrected chi connectivity index (χ1v) is 6.53. The van der Waals surface area contributed by atoms with Gasteiger partial charge in [0.25, 0.3) is 0 Å². The first-order chi connectivity index (χ1) is 10.1. The second-order valence-corrected chi connectivity index (χ2v) is 4.75. The molecule has 0 radical (unpaired) electrons. The van der Waals surface area contributed by atoms with Gasteiger partial charge in [0.15, 0.2) is 0 Å². The van der Waals surface area contributed by atoms with Crippen LogP contribution in [-0.4, -0.2) is 24.5 Å². The Balaban J connectivity index is 2.00. The normalized spacial score (nSPS) is 10.6. The maximum Gasteiger partial charge on any atom is 0.241 e. The number of hydrogen-bond donors (Lipinski definition) is 2. The highest BCUT2D eigenvalue weighted by Gasteiger charge is 2.09. The van der Waals surface area contributed by atoms with E-state index < -0.39 is 0 Å². The quantitative estimate of drug-likeness (QED) is 0.771. The molecular weight excluding hydrogens is 290 g/mol. The zero-order chi connectivity index (χ0) is 14.8. The fraction of sp³-hybridized carbons (Fsp3) is 0.0769. The molecule has 0 atom stereocenters. The highest BCUT2D eigenvalue weighted by atomic mass is 35.5. The predicted octanol–water partition coefficient (Wildman–Crippen LogP) is 2.34. The lowest BCUT2D eigenvalue weighted by Crippen LogP contribution is -2.08. The standard InChI is InChI=1S/C13H12ClN7/c1-8-3-2-4-9(14)10(8)17-12-18-11(15)19-13(20-12)21-6-5-16-7-21/h2-7H,1H3,(H3,15,17,18,19,20). The minimum absolute atomic E-state index is 0.112. The number of nitrogens with zero attached hydrogens (tertiary/aromatic N) is 5. The van der Waals surface area contributed by atoms with Crippen LogP contribution in [0.5, 0.6) is 0 Å². The van der Waals surface area contributed by atoms with Gasteiger partial charge in [-0.05, 0) is 18.6 Å². The molecule has 21 heavy (non-hydrogen) atoms. The summed E-state index contributed by atoms with van der Waals surface area (Å²) in [5.74, 6) is 0.815. The van der Waals surface area contributed by atoms with Crippen molar-refractivity contribution in [3.05, 3.63) is 47.5 Å². The summed E-state index contributed by atoms with van der Waals surface area (Å²) in [5.41, 5.74) is 7.44. The predicted molar refractivity (Wildman–Crippen MR) is 80.8 cm³/mol. The number of hydrogen-bond acceptors (Lipinski definition) is 6. The molecule has 0 aliphatic rings. The highest BCUT2D eigenvalue weighted by Crippen LogP contribution is 2.27. The smallest absolute Gasteiger partial charge is 0.241 e. The Labute approximate surface area is 125 Å². The lowest BCUT2D eigenvalue weighted by Gasteiger charge is -2.11. The van der Waals surface area contributed by atoms with Crippen molar-refractivity contribution in [3.8, 4) is 5.95 Å². The third kappa shape index (κ3) is 2.77. The number of aryl methyl sites for hydroxylation is 1. The monoisotopic (exact) mass is 301 g/mol. The van der Waals surface area contributed by atoms with Crippen LogP contribution in [0.4, 0.5) is 17.6 Å². The summed E-state index contributed by atoms with van der Waals surface area (Å²) < 4.78 is 1.64. The Morgan fingerprint density at radius 3 is 2.81 bits per heavy atom. The molecule has 3 rings (SSSR count). The van der Waals surface area contributed by atoms with Gasteiger partial charge in [-0.1, -0.05) is 23.7 Å². The summed E-state index contributed by atoms with van der Waals surface area (Å²) in [6.07, 6.45) is 4.93. The number of rotatable bonds is 3. The Kier molecular flexibility index (Phi) is 3.41. The molecule has 0 fully saturated rings. The van der Waals surface area contributed by atoms with Crippen LogP contribution in [0.15, 0.2) is 36.9 Å². The van der Waals surface area contributed by atoms with Crippen molar-refractivity contribution in [1.29, 1.82) is 0 Å². The molecule has 0 unspecified atom stereocenters. The van der Waals surface area contributed by atoms with Crippen molar-refractivity contribution in [2.75, 3.05) is 11.1 Å². The number of aromatic nitrogens is 5. The zero-order valence-electron chi connectivity index (χ0n) is 11.2. The molecule has 0 aliphatic carbocycles. The summed E-state index contributed by atoms with van der Waals surface area (Å²) in [6, 6.07) is 5.61. The van der Waals surface area contributed by atoms with Crippen molar-refractivity contribution >= 4 is 29.2 Å². The second-order valence-electron chi connectivity index (χ2n) is 4.34. The molecule has 0 bridgehead atoms. The van der Waals surface area contributed by atoms with Gasteiger partial charge < -0.3 is 11.1 Å². The number of nitrogens with two attached hydrogens (primary N) is 1. The summed E-state index contributed by atoms with van der Waals surface area (Å²) in [4.78, 5) is 16.4. The van der Waals surface area contributed by atoms with E-state index >= 15 is 0 Å². The maximum atomic E-state index is 6.18. The van der Waals surface area contributed by atoms with Crippen LogP contribution >= 0.6 is 11.6 Å². The summed E-state index contributed by atoms with van der Waals surface area (Å²) in [7, 11) is 0. The van der Waals surface area contributed by atoms with Crippen molar-refractivity contribution in [3.63, 3.8) is 0 Å². The van der Waals surface area contributed by atoms with Gasteiger partial charge >= 0.3 is 0 Å². The van der Waals surface area contributed by atoms with Crippen molar-refractivity contribution < 1.29 is 0 Å². The molecule has 2 heterocycles.